The van der Waals surface area contributed by atoms with Gasteiger partial charge in [-0.2, -0.15) is 0 Å². The number of aromatic nitrogens is 2. The molecule has 0 saturated carbocycles. The second-order valence-corrected chi connectivity index (χ2v) is 9.95. The van der Waals surface area contributed by atoms with Crippen LogP contribution >= 0.6 is 0 Å². The number of aliphatic carboxylic acids is 1. The lowest BCUT2D eigenvalue weighted by Gasteiger charge is -2.24. The van der Waals surface area contributed by atoms with Crippen molar-refractivity contribution in [2.75, 3.05) is 13.2 Å². The Morgan fingerprint density at radius 3 is 2.53 bits per heavy atom. The van der Waals surface area contributed by atoms with Crippen LogP contribution in [0.2, 0.25) is 0 Å². The van der Waals surface area contributed by atoms with E-state index in [-0.39, 0.29) is 11.7 Å². The summed E-state index contributed by atoms with van der Waals surface area (Å²) in [4.78, 5) is 29.0. The molecule has 36 heavy (non-hydrogen) atoms. The van der Waals surface area contributed by atoms with Crippen LogP contribution in [0.15, 0.2) is 35.9 Å². The maximum Gasteiger partial charge on any atom is 0.323 e. The van der Waals surface area contributed by atoms with Gasteiger partial charge in [0.25, 0.3) is 0 Å². The first-order chi connectivity index (χ1) is 17.1. The second kappa shape index (κ2) is 12.4. The van der Waals surface area contributed by atoms with Gasteiger partial charge in [-0.15, -0.1) is 0 Å². The number of Topliss-reactive ketones (excluding diaryl/α,β-unsaturated/α-hetero) is 1. The minimum Gasteiger partial charge on any atom is -0.480 e. The number of benzene rings is 1. The molecule has 1 fully saturated rings. The Morgan fingerprint density at radius 1 is 1.25 bits per heavy atom. The number of carboxylic acids is 1. The lowest BCUT2D eigenvalue weighted by atomic mass is 9.99. The van der Waals surface area contributed by atoms with Crippen molar-refractivity contribution in [2.45, 2.75) is 72.7 Å². The van der Waals surface area contributed by atoms with Crippen LogP contribution in [0.3, 0.4) is 0 Å². The number of aliphatic hydroxyl groups is 1. The largest absolute Gasteiger partial charge is 0.480 e. The third kappa shape index (κ3) is 6.69. The quantitative estimate of drug-likeness (QED) is 0.318. The van der Waals surface area contributed by atoms with E-state index in [0.29, 0.717) is 18.0 Å². The lowest BCUT2D eigenvalue weighted by Crippen LogP contribution is -2.44. The number of nitrogens with zero attached hydrogens (tertiary/aromatic N) is 2. The number of carbonyl (C=O) groups is 2. The van der Waals surface area contributed by atoms with E-state index in [4.69, 9.17) is 9.72 Å². The zero-order chi connectivity index (χ0) is 26.4. The van der Waals surface area contributed by atoms with Crippen LogP contribution < -0.4 is 5.32 Å². The molecule has 1 aromatic heterocycles. The van der Waals surface area contributed by atoms with Crippen molar-refractivity contribution in [3.05, 3.63) is 47.3 Å². The van der Waals surface area contributed by atoms with Gasteiger partial charge in [0.1, 0.15) is 11.9 Å². The Morgan fingerprint density at radius 2 is 1.94 bits per heavy atom. The molecule has 2 atom stereocenters. The first-order valence-electron chi connectivity index (χ1n) is 12.7. The van der Waals surface area contributed by atoms with Gasteiger partial charge < -0.3 is 19.5 Å². The van der Waals surface area contributed by atoms with Crippen molar-refractivity contribution in [3.8, 4) is 0 Å². The first-order valence-corrected chi connectivity index (χ1v) is 12.7. The molecule has 196 valence electrons. The zero-order valence-electron chi connectivity index (χ0n) is 22.0. The molecule has 1 saturated heterocycles. The summed E-state index contributed by atoms with van der Waals surface area (Å²) in [7, 11) is 0. The molecule has 1 aliphatic heterocycles. The van der Waals surface area contributed by atoms with Crippen molar-refractivity contribution in [2.24, 2.45) is 11.8 Å². The molecule has 3 N–H and O–H groups in total. The number of fused-ring (bicyclic) bond motifs is 1. The van der Waals surface area contributed by atoms with Gasteiger partial charge in [0.2, 0.25) is 0 Å². The van der Waals surface area contributed by atoms with Crippen molar-refractivity contribution >= 4 is 28.4 Å². The van der Waals surface area contributed by atoms with Crippen LogP contribution in [-0.2, 0) is 27.4 Å². The number of hydrogen-bond acceptors (Lipinski definition) is 6. The summed E-state index contributed by atoms with van der Waals surface area (Å²) in [6, 6.07) is 4.88. The minimum absolute atomic E-state index is 0.0771. The highest BCUT2D eigenvalue weighted by molar-refractivity contribution is 5.98. The van der Waals surface area contributed by atoms with Crippen LogP contribution in [0, 0.1) is 11.8 Å². The summed E-state index contributed by atoms with van der Waals surface area (Å²) in [6.45, 7) is 11.7. The summed E-state index contributed by atoms with van der Waals surface area (Å²) in [5.41, 5.74) is 4.27. The summed E-state index contributed by atoms with van der Waals surface area (Å²) in [5.74, 6) is 0.226. The number of hydrogen-bond donors (Lipinski definition) is 3. The summed E-state index contributed by atoms with van der Waals surface area (Å²) in [6.07, 6.45) is 4.87. The van der Waals surface area contributed by atoms with Crippen molar-refractivity contribution in [1.29, 1.82) is 0 Å². The average Bonchev–Trinajstić information content (AvgIpc) is 3.19. The SMILES string of the molecule is C/C=C(\C=C(\C)C(=O)C(C)C)c1nc2cc(CN[C@H](C(=O)O)C(C)O)ccc2n1CC1CCOCC1. The van der Waals surface area contributed by atoms with E-state index in [1.807, 2.05) is 58.0 Å². The highest BCUT2D eigenvalue weighted by atomic mass is 16.5. The molecule has 0 aliphatic carbocycles. The van der Waals surface area contributed by atoms with E-state index in [2.05, 4.69) is 9.88 Å². The molecule has 0 radical (unpaired) electrons. The minimum atomic E-state index is -1.09. The normalized spacial score (nSPS) is 17.5. The molecular weight excluding hydrogens is 458 g/mol. The molecular formula is C28H39N3O5. The fraction of sp³-hybridized carbons (Fsp3) is 0.536. The van der Waals surface area contributed by atoms with Crippen molar-refractivity contribution < 1.29 is 24.5 Å². The number of aliphatic hydroxyl groups excluding tert-OH is 1. The number of allylic oxidation sites excluding steroid dienone is 4. The fourth-order valence-electron chi connectivity index (χ4n) is 4.61. The molecule has 8 heteroatoms. The van der Waals surface area contributed by atoms with Gasteiger partial charge in [-0.25, -0.2) is 4.98 Å². The van der Waals surface area contributed by atoms with E-state index in [9.17, 15) is 19.8 Å². The Hall–Kier alpha value is -2.81. The van der Waals surface area contributed by atoms with Gasteiger partial charge in [-0.1, -0.05) is 26.0 Å². The Bertz CT molecular complexity index is 1140. The fourth-order valence-corrected chi connectivity index (χ4v) is 4.61. The Kier molecular flexibility index (Phi) is 9.59. The number of rotatable bonds is 11. The number of carbonyl (C=O) groups excluding carboxylic acids is 1. The van der Waals surface area contributed by atoms with Gasteiger partial charge >= 0.3 is 5.97 Å². The van der Waals surface area contributed by atoms with Crippen LogP contribution in [0.5, 0.6) is 0 Å². The molecule has 0 bridgehead atoms. The highest BCUT2D eigenvalue weighted by Crippen LogP contribution is 2.28. The number of ketones is 1. The molecule has 2 aromatic rings. The highest BCUT2D eigenvalue weighted by Gasteiger charge is 2.23. The van der Waals surface area contributed by atoms with Gasteiger partial charge in [0, 0.05) is 37.8 Å². The number of carboxylic acid groups (broad SMARTS) is 1. The standard InChI is InChI=1S/C28H39N3O5/c1-6-22(13-18(4)26(33)17(2)3)27-30-23-14-21(15-29-25(19(5)32)28(34)35)7-8-24(23)31(27)16-20-9-11-36-12-10-20/h6-8,13-14,17,19-20,25,29,32H,9-12,15-16H2,1-5H3,(H,34,35)/b18-13-,22-6+/t19?,25-/m0/s1. The molecule has 1 unspecified atom stereocenters. The predicted molar refractivity (Wildman–Crippen MR) is 140 cm³/mol. The van der Waals surface area contributed by atoms with Crippen LogP contribution in [0.1, 0.15) is 58.8 Å². The van der Waals surface area contributed by atoms with E-state index in [0.717, 1.165) is 60.6 Å². The molecule has 8 nitrogen and oxygen atoms in total. The molecule has 3 rings (SSSR count). The molecule has 1 aliphatic rings. The predicted octanol–water partition coefficient (Wildman–Crippen LogP) is 3.96. The van der Waals surface area contributed by atoms with Gasteiger partial charge in [-0.05, 0) is 68.9 Å². The monoisotopic (exact) mass is 497 g/mol. The summed E-state index contributed by atoms with van der Waals surface area (Å²) >= 11 is 0. The third-order valence-electron chi connectivity index (χ3n) is 6.72. The number of nitrogens with one attached hydrogen (secondary N) is 1. The number of ether oxygens (including phenoxy) is 1. The molecule has 2 heterocycles. The number of imidazole rings is 1. The maximum absolute atomic E-state index is 12.6. The third-order valence-corrected chi connectivity index (χ3v) is 6.72. The maximum atomic E-state index is 12.6. The first kappa shape index (κ1) is 27.8. The van der Waals surface area contributed by atoms with E-state index in [1.54, 1.807) is 0 Å². The van der Waals surface area contributed by atoms with Crippen LogP contribution in [0.4, 0.5) is 0 Å². The topological polar surface area (TPSA) is 114 Å². The molecule has 0 spiro atoms. The molecule has 0 amide bonds. The van der Waals surface area contributed by atoms with E-state index < -0.39 is 18.1 Å². The Balaban J connectivity index is 2.00. The van der Waals surface area contributed by atoms with Crippen LogP contribution in [0.25, 0.3) is 16.6 Å². The van der Waals surface area contributed by atoms with Crippen molar-refractivity contribution in [3.63, 3.8) is 0 Å². The van der Waals surface area contributed by atoms with Gasteiger partial charge in [0.05, 0.1) is 17.1 Å². The van der Waals surface area contributed by atoms with Crippen LogP contribution in [-0.4, -0.2) is 56.9 Å². The molecule has 1 aromatic carbocycles. The van der Waals surface area contributed by atoms with E-state index in [1.165, 1.54) is 6.92 Å². The van der Waals surface area contributed by atoms with Gasteiger partial charge in [0.15, 0.2) is 5.78 Å². The lowest BCUT2D eigenvalue weighted by molar-refractivity contribution is -0.142. The average molecular weight is 498 g/mol. The van der Waals surface area contributed by atoms with Crippen molar-refractivity contribution in [1.82, 2.24) is 14.9 Å². The summed E-state index contributed by atoms with van der Waals surface area (Å²) in [5, 5.41) is 22.0. The Labute approximate surface area is 213 Å². The van der Waals surface area contributed by atoms with E-state index >= 15 is 0 Å². The smallest absolute Gasteiger partial charge is 0.323 e. The summed E-state index contributed by atoms with van der Waals surface area (Å²) < 4.78 is 7.79. The second-order valence-electron chi connectivity index (χ2n) is 9.95. The zero-order valence-corrected chi connectivity index (χ0v) is 22.0. The van der Waals surface area contributed by atoms with Gasteiger partial charge in [-0.3, -0.25) is 14.9 Å².